The van der Waals surface area contributed by atoms with E-state index >= 15 is 0 Å². The number of benzene rings is 1. The van der Waals surface area contributed by atoms with E-state index in [-0.39, 0.29) is 26.2 Å². The molecule has 3 rings (SSSR count). The largest absolute Gasteiger partial charge is 0.416 e. The van der Waals surface area contributed by atoms with Crippen molar-refractivity contribution in [3.05, 3.63) is 41.6 Å². The van der Waals surface area contributed by atoms with E-state index in [1.807, 2.05) is 0 Å². The minimum atomic E-state index is -4.68. The van der Waals surface area contributed by atoms with Crippen LogP contribution in [0.15, 0.2) is 40.3 Å². The molecule has 13 heteroatoms. The lowest BCUT2D eigenvalue weighted by molar-refractivity contribution is -0.137. The highest BCUT2D eigenvalue weighted by atomic mass is 32.2. The Hall–Kier alpha value is -1.70. The van der Waals surface area contributed by atoms with Crippen LogP contribution in [0.5, 0.6) is 0 Å². The van der Waals surface area contributed by atoms with Gasteiger partial charge in [0.05, 0.1) is 26.7 Å². The van der Waals surface area contributed by atoms with Crippen molar-refractivity contribution in [2.75, 3.05) is 19.5 Å². The van der Waals surface area contributed by atoms with Crippen molar-refractivity contribution >= 4 is 21.6 Å². The summed E-state index contributed by atoms with van der Waals surface area (Å²) in [5.41, 5.74) is -0.603. The number of halogens is 5. The molecule has 0 aliphatic carbocycles. The smallest absolute Gasteiger partial charge is 0.372 e. The highest BCUT2D eigenvalue weighted by molar-refractivity contribution is 7.99. The van der Waals surface area contributed by atoms with Gasteiger partial charge >= 0.3 is 6.18 Å². The number of nitrogens with zero attached hydrogens (tertiary/aromatic N) is 2. The van der Waals surface area contributed by atoms with E-state index in [9.17, 15) is 30.4 Å². The zero-order valence-electron chi connectivity index (χ0n) is 17.8. The third-order valence-electron chi connectivity index (χ3n) is 5.41. The predicted molar refractivity (Wildman–Crippen MR) is 111 cm³/mol. The molecule has 1 aromatic heterocycles. The Morgan fingerprint density at radius 1 is 1.33 bits per heavy atom. The summed E-state index contributed by atoms with van der Waals surface area (Å²) in [6, 6.07) is 5.21. The maximum absolute atomic E-state index is 13.4. The van der Waals surface area contributed by atoms with Gasteiger partial charge in [0.15, 0.2) is 9.84 Å². The topological polar surface area (TPSA) is 70.4 Å². The maximum Gasteiger partial charge on any atom is 0.416 e. The summed E-state index contributed by atoms with van der Waals surface area (Å²) in [6.45, 7) is 1.50. The zero-order valence-corrected chi connectivity index (χ0v) is 19.4. The Morgan fingerprint density at radius 3 is 2.70 bits per heavy atom. The van der Waals surface area contributed by atoms with Crippen LogP contribution in [0.4, 0.5) is 22.0 Å². The molecule has 0 radical (unpaired) electrons. The summed E-state index contributed by atoms with van der Waals surface area (Å²) in [4.78, 5) is -0.418. The number of rotatable bonds is 8. The van der Waals surface area contributed by atoms with E-state index in [0.717, 1.165) is 30.0 Å². The molecule has 0 spiro atoms. The average Bonchev–Trinajstić information content (AvgIpc) is 3.15. The molecular formula is C20H23F5N2O4S2. The van der Waals surface area contributed by atoms with Crippen molar-refractivity contribution in [1.29, 1.82) is 0 Å². The molecule has 2 atom stereocenters. The van der Waals surface area contributed by atoms with Crippen LogP contribution in [0.25, 0.3) is 0 Å². The lowest BCUT2D eigenvalue weighted by atomic mass is 9.95. The first-order valence-corrected chi connectivity index (χ1v) is 12.4. The van der Waals surface area contributed by atoms with E-state index in [1.165, 1.54) is 18.7 Å². The lowest BCUT2D eigenvalue weighted by Gasteiger charge is -2.37. The Balaban J connectivity index is 1.92. The molecule has 2 heterocycles. The minimum Gasteiger partial charge on any atom is -0.372 e. The highest BCUT2D eigenvalue weighted by Crippen LogP contribution is 2.43. The normalized spacial score (nSPS) is 22.1. The molecule has 2 aromatic rings. The van der Waals surface area contributed by atoms with Gasteiger partial charge in [-0.3, -0.25) is 0 Å². The van der Waals surface area contributed by atoms with Crippen LogP contribution < -0.4 is 0 Å². The molecule has 1 fully saturated rings. The van der Waals surface area contributed by atoms with Crippen molar-refractivity contribution in [1.82, 2.24) is 9.78 Å². The molecule has 0 amide bonds. The zero-order chi connectivity index (χ0) is 24.4. The number of sulfone groups is 1. The van der Waals surface area contributed by atoms with Crippen molar-refractivity contribution in [2.24, 2.45) is 0 Å². The summed E-state index contributed by atoms with van der Waals surface area (Å²) in [5, 5.41) is 4.53. The lowest BCUT2D eigenvalue weighted by Crippen LogP contribution is -2.42. The summed E-state index contributed by atoms with van der Waals surface area (Å²) in [5.74, 6) is -0.462. The predicted octanol–water partition coefficient (Wildman–Crippen LogP) is 4.95. The fraction of sp³-hybridized carbons (Fsp3) is 0.550. The number of ether oxygens (including phenoxy) is 2. The standard InChI is InChI=1S/C20H23F5N2O4S2/c1-19(33(28,29)14-5-3-4-13(8-14)20(23,24)25)6-7-31-16(10-19)15-9-18(32-11-17(21)22)26-27(15)12-30-2/h3-5,8-9,16-17H,6-7,10-12H2,1-2H3. The molecule has 184 valence electrons. The Bertz CT molecular complexity index is 1070. The Labute approximate surface area is 192 Å². The summed E-state index contributed by atoms with van der Waals surface area (Å²) in [6.07, 6.45) is -7.96. The summed E-state index contributed by atoms with van der Waals surface area (Å²) in [7, 11) is -2.75. The number of hydrogen-bond donors (Lipinski definition) is 0. The molecule has 33 heavy (non-hydrogen) atoms. The average molecular weight is 515 g/mol. The first-order chi connectivity index (χ1) is 15.4. The number of alkyl halides is 5. The number of hydrogen-bond acceptors (Lipinski definition) is 6. The fourth-order valence-corrected chi connectivity index (χ4v) is 6.13. The van der Waals surface area contributed by atoms with Gasteiger partial charge in [-0.05, 0) is 44.0 Å². The third kappa shape index (κ3) is 5.69. The fourth-order valence-electron chi connectivity index (χ4n) is 3.64. The van der Waals surface area contributed by atoms with Gasteiger partial charge in [0, 0.05) is 13.7 Å². The van der Waals surface area contributed by atoms with E-state index in [0.29, 0.717) is 16.8 Å². The van der Waals surface area contributed by atoms with E-state index in [1.54, 1.807) is 6.07 Å². The van der Waals surface area contributed by atoms with Gasteiger partial charge in [-0.1, -0.05) is 17.8 Å². The number of aromatic nitrogens is 2. The maximum atomic E-state index is 13.4. The molecule has 0 N–H and O–H groups in total. The van der Waals surface area contributed by atoms with E-state index in [4.69, 9.17) is 9.47 Å². The monoisotopic (exact) mass is 514 g/mol. The van der Waals surface area contributed by atoms with Crippen LogP contribution in [0, 0.1) is 0 Å². The van der Waals surface area contributed by atoms with Crippen LogP contribution in [0.2, 0.25) is 0 Å². The molecule has 0 bridgehead atoms. The number of thioether (sulfide) groups is 1. The first-order valence-electron chi connectivity index (χ1n) is 9.88. The van der Waals surface area contributed by atoms with Crippen molar-refractivity contribution < 1.29 is 39.8 Å². The molecule has 2 unspecified atom stereocenters. The van der Waals surface area contributed by atoms with Gasteiger partial charge in [0.25, 0.3) is 0 Å². The van der Waals surface area contributed by atoms with Crippen molar-refractivity contribution in [3.8, 4) is 0 Å². The van der Waals surface area contributed by atoms with Crippen LogP contribution in [0.3, 0.4) is 0 Å². The molecular weight excluding hydrogens is 491 g/mol. The van der Waals surface area contributed by atoms with Crippen LogP contribution in [-0.2, 0) is 32.2 Å². The summed E-state index contributed by atoms with van der Waals surface area (Å²) < 4.78 is 102. The van der Waals surface area contributed by atoms with Gasteiger partial charge in [-0.25, -0.2) is 21.9 Å². The van der Waals surface area contributed by atoms with Gasteiger partial charge in [-0.2, -0.15) is 18.3 Å². The molecule has 0 saturated carbocycles. The van der Waals surface area contributed by atoms with Gasteiger partial charge in [0.1, 0.15) is 17.9 Å². The van der Waals surface area contributed by atoms with Crippen molar-refractivity contribution in [3.63, 3.8) is 0 Å². The molecule has 1 saturated heterocycles. The van der Waals surface area contributed by atoms with Gasteiger partial charge in [0.2, 0.25) is 6.43 Å². The van der Waals surface area contributed by atoms with Crippen molar-refractivity contribution in [2.45, 2.75) is 59.9 Å². The quantitative estimate of drug-likeness (QED) is 0.367. The van der Waals surface area contributed by atoms with E-state index < -0.39 is 49.5 Å². The molecule has 6 nitrogen and oxygen atoms in total. The molecule has 1 aromatic carbocycles. The first kappa shape index (κ1) is 25.9. The molecule has 1 aliphatic rings. The SMILES string of the molecule is COCn1nc(SCC(F)F)cc1C1CC(C)(S(=O)(=O)c2cccc(C(F)(F)F)c2)CCO1. The Kier molecular flexibility index (Phi) is 7.76. The number of methoxy groups -OCH3 is 1. The second-order valence-electron chi connectivity index (χ2n) is 7.82. The Morgan fingerprint density at radius 2 is 2.06 bits per heavy atom. The van der Waals surface area contributed by atoms with Gasteiger partial charge < -0.3 is 9.47 Å². The van der Waals surface area contributed by atoms with Crippen LogP contribution in [0.1, 0.15) is 37.1 Å². The highest BCUT2D eigenvalue weighted by Gasteiger charge is 2.46. The second kappa shape index (κ2) is 9.88. The second-order valence-corrected chi connectivity index (χ2v) is 11.3. The third-order valence-corrected chi connectivity index (χ3v) is 8.87. The minimum absolute atomic E-state index is 0.0124. The summed E-state index contributed by atoms with van der Waals surface area (Å²) >= 11 is 0.842. The van der Waals surface area contributed by atoms with Crippen LogP contribution >= 0.6 is 11.8 Å². The van der Waals surface area contributed by atoms with E-state index in [2.05, 4.69) is 5.10 Å². The van der Waals surface area contributed by atoms with Crippen LogP contribution in [-0.4, -0.2) is 48.8 Å². The van der Waals surface area contributed by atoms with Gasteiger partial charge in [-0.15, -0.1) is 0 Å². The molecule has 1 aliphatic heterocycles.